The number of para-hydroxylation sites is 1. The predicted octanol–water partition coefficient (Wildman–Crippen LogP) is 0.990. The number of nitrogens with zero attached hydrogens (tertiary/aromatic N) is 3. The number of fused-ring (bicyclic) bond motifs is 2. The van der Waals surface area contributed by atoms with E-state index in [2.05, 4.69) is 14.8 Å². The molecule has 2 aromatic rings. The van der Waals surface area contributed by atoms with Gasteiger partial charge in [-0.25, -0.2) is 0 Å². The third-order valence-electron chi connectivity index (χ3n) is 3.79. The second-order valence-electron chi connectivity index (χ2n) is 5.18. The lowest BCUT2D eigenvalue weighted by molar-refractivity contribution is 0.172. The average molecular weight is 272 g/mol. The number of nitrogens with two attached hydrogens (primary N) is 1. The third kappa shape index (κ3) is 1.76. The van der Waals surface area contributed by atoms with Crippen LogP contribution in [0.5, 0.6) is 11.5 Å². The molecule has 0 saturated carbocycles. The summed E-state index contributed by atoms with van der Waals surface area (Å²) in [5, 5.41) is 8.61. The zero-order valence-electron chi connectivity index (χ0n) is 11.1. The summed E-state index contributed by atoms with van der Waals surface area (Å²) >= 11 is 0. The van der Waals surface area contributed by atoms with E-state index < -0.39 is 0 Å². The lowest BCUT2D eigenvalue weighted by Gasteiger charge is -2.23. The van der Waals surface area contributed by atoms with Gasteiger partial charge in [-0.2, -0.15) is 0 Å². The number of ether oxygens (including phenoxy) is 2. The van der Waals surface area contributed by atoms with Crippen LogP contribution in [0.3, 0.4) is 0 Å². The van der Waals surface area contributed by atoms with Crippen molar-refractivity contribution in [2.24, 2.45) is 5.73 Å². The highest BCUT2D eigenvalue weighted by Crippen LogP contribution is 2.39. The molecule has 1 aromatic heterocycles. The first-order valence-corrected chi connectivity index (χ1v) is 6.89. The van der Waals surface area contributed by atoms with Gasteiger partial charge in [0.15, 0.2) is 17.3 Å². The molecule has 1 unspecified atom stereocenters. The molecule has 1 aromatic carbocycles. The smallest absolute Gasteiger partial charge is 0.172 e. The van der Waals surface area contributed by atoms with Crippen molar-refractivity contribution >= 4 is 0 Å². The Hall–Kier alpha value is -2.08. The Balaban J connectivity index is 1.84. The molecule has 0 fully saturated rings. The van der Waals surface area contributed by atoms with Crippen molar-refractivity contribution in [3.63, 3.8) is 0 Å². The molecule has 0 bridgehead atoms. The summed E-state index contributed by atoms with van der Waals surface area (Å²) in [4.78, 5) is 0. The zero-order valence-corrected chi connectivity index (χ0v) is 11.1. The first-order valence-electron chi connectivity index (χ1n) is 6.89. The van der Waals surface area contributed by atoms with Gasteiger partial charge in [-0.1, -0.05) is 6.07 Å². The van der Waals surface area contributed by atoms with Gasteiger partial charge < -0.3 is 19.8 Å². The van der Waals surface area contributed by atoms with Gasteiger partial charge in [0.2, 0.25) is 0 Å². The fourth-order valence-corrected chi connectivity index (χ4v) is 2.80. The SMILES string of the molecule is NC1CCc2nnc(-c3cccc4c3OCCO4)n2C1. The Kier molecular flexibility index (Phi) is 2.63. The molecule has 104 valence electrons. The molecule has 6 nitrogen and oxygen atoms in total. The van der Waals surface area contributed by atoms with Gasteiger partial charge in [-0.05, 0) is 18.6 Å². The average Bonchev–Trinajstić information content (AvgIpc) is 2.89. The largest absolute Gasteiger partial charge is 0.486 e. The maximum Gasteiger partial charge on any atom is 0.172 e. The first kappa shape index (κ1) is 11.7. The van der Waals surface area contributed by atoms with Gasteiger partial charge in [-0.15, -0.1) is 10.2 Å². The Morgan fingerprint density at radius 3 is 3.05 bits per heavy atom. The van der Waals surface area contributed by atoms with Crippen LogP contribution in [0.2, 0.25) is 0 Å². The van der Waals surface area contributed by atoms with Gasteiger partial charge in [0.25, 0.3) is 0 Å². The van der Waals surface area contributed by atoms with Crippen LogP contribution >= 0.6 is 0 Å². The molecule has 20 heavy (non-hydrogen) atoms. The lowest BCUT2D eigenvalue weighted by atomic mass is 10.1. The summed E-state index contributed by atoms with van der Waals surface area (Å²) in [6.07, 6.45) is 1.84. The molecule has 2 aliphatic heterocycles. The highest BCUT2D eigenvalue weighted by atomic mass is 16.6. The van der Waals surface area contributed by atoms with Crippen molar-refractivity contribution in [1.29, 1.82) is 0 Å². The molecule has 2 N–H and O–H groups in total. The summed E-state index contributed by atoms with van der Waals surface area (Å²) in [6, 6.07) is 6.02. The number of aromatic nitrogens is 3. The van der Waals surface area contributed by atoms with Gasteiger partial charge in [0.1, 0.15) is 19.0 Å². The molecule has 0 spiro atoms. The maximum atomic E-state index is 6.06. The van der Waals surface area contributed by atoms with Crippen molar-refractivity contribution in [3.05, 3.63) is 24.0 Å². The van der Waals surface area contributed by atoms with Gasteiger partial charge in [-0.3, -0.25) is 0 Å². The molecule has 4 rings (SSSR count). The van der Waals surface area contributed by atoms with Crippen molar-refractivity contribution in [2.75, 3.05) is 13.2 Å². The molecule has 0 saturated heterocycles. The predicted molar refractivity (Wildman–Crippen MR) is 72.7 cm³/mol. The van der Waals surface area contributed by atoms with Crippen LogP contribution in [0.4, 0.5) is 0 Å². The van der Waals surface area contributed by atoms with E-state index in [9.17, 15) is 0 Å². The number of hydrogen-bond donors (Lipinski definition) is 1. The van der Waals surface area contributed by atoms with Gasteiger partial charge in [0.05, 0.1) is 5.56 Å². The summed E-state index contributed by atoms with van der Waals surface area (Å²) < 4.78 is 13.5. The van der Waals surface area contributed by atoms with Crippen LogP contribution in [0.1, 0.15) is 12.2 Å². The van der Waals surface area contributed by atoms with Gasteiger partial charge >= 0.3 is 0 Å². The van der Waals surface area contributed by atoms with Crippen molar-refractivity contribution in [1.82, 2.24) is 14.8 Å². The van der Waals surface area contributed by atoms with Crippen LogP contribution in [-0.2, 0) is 13.0 Å². The minimum atomic E-state index is 0.161. The Morgan fingerprint density at radius 2 is 2.10 bits per heavy atom. The summed E-state index contributed by atoms with van der Waals surface area (Å²) in [5.74, 6) is 3.34. The Morgan fingerprint density at radius 1 is 1.20 bits per heavy atom. The van der Waals surface area contributed by atoms with E-state index in [1.54, 1.807) is 0 Å². The Labute approximate surface area is 116 Å². The van der Waals surface area contributed by atoms with Crippen LogP contribution in [0, 0.1) is 0 Å². The summed E-state index contributed by atoms with van der Waals surface area (Å²) in [6.45, 7) is 1.89. The second-order valence-corrected chi connectivity index (χ2v) is 5.18. The maximum absolute atomic E-state index is 6.06. The first-order chi connectivity index (χ1) is 9.83. The van der Waals surface area contributed by atoms with E-state index in [4.69, 9.17) is 15.2 Å². The van der Waals surface area contributed by atoms with E-state index in [-0.39, 0.29) is 6.04 Å². The number of benzene rings is 1. The minimum absolute atomic E-state index is 0.161. The van der Waals surface area contributed by atoms with Crippen LogP contribution in [0.25, 0.3) is 11.4 Å². The van der Waals surface area contributed by atoms with E-state index in [0.717, 1.165) is 48.1 Å². The van der Waals surface area contributed by atoms with Crippen molar-refractivity contribution < 1.29 is 9.47 Å². The Bertz CT molecular complexity index is 653. The summed E-state index contributed by atoms with van der Waals surface area (Å²) in [5.41, 5.74) is 6.99. The second kappa shape index (κ2) is 4.49. The van der Waals surface area contributed by atoms with E-state index >= 15 is 0 Å². The molecule has 6 heteroatoms. The monoisotopic (exact) mass is 272 g/mol. The number of rotatable bonds is 1. The lowest BCUT2D eigenvalue weighted by Crippen LogP contribution is -2.32. The van der Waals surface area contributed by atoms with Crippen molar-refractivity contribution in [3.8, 4) is 22.9 Å². The summed E-state index contributed by atoms with van der Waals surface area (Å²) in [7, 11) is 0. The highest BCUT2D eigenvalue weighted by Gasteiger charge is 2.25. The molecule has 0 amide bonds. The zero-order chi connectivity index (χ0) is 13.5. The van der Waals surface area contributed by atoms with E-state index in [0.29, 0.717) is 13.2 Å². The number of hydrogen-bond acceptors (Lipinski definition) is 5. The van der Waals surface area contributed by atoms with Crippen LogP contribution < -0.4 is 15.2 Å². The molecule has 3 heterocycles. The molecular weight excluding hydrogens is 256 g/mol. The fraction of sp³-hybridized carbons (Fsp3) is 0.429. The molecule has 1 atom stereocenters. The molecule has 2 aliphatic rings. The van der Waals surface area contributed by atoms with Gasteiger partial charge in [0, 0.05) is 19.0 Å². The minimum Gasteiger partial charge on any atom is -0.486 e. The number of aryl methyl sites for hydroxylation is 1. The highest BCUT2D eigenvalue weighted by molar-refractivity contribution is 5.69. The quantitative estimate of drug-likeness (QED) is 0.838. The molecule has 0 radical (unpaired) electrons. The van der Waals surface area contributed by atoms with E-state index in [1.807, 2.05) is 18.2 Å². The topological polar surface area (TPSA) is 75.2 Å². The van der Waals surface area contributed by atoms with Crippen molar-refractivity contribution in [2.45, 2.75) is 25.4 Å². The van der Waals surface area contributed by atoms with E-state index in [1.165, 1.54) is 0 Å². The molecular formula is C14H16N4O2. The standard InChI is InChI=1S/C14H16N4O2/c15-9-4-5-12-16-17-14(18(12)8-9)10-2-1-3-11-13(10)20-7-6-19-11/h1-3,9H,4-8,15H2. The normalized spacial score (nSPS) is 20.6. The third-order valence-corrected chi connectivity index (χ3v) is 3.79. The molecule has 0 aliphatic carbocycles. The van der Waals surface area contributed by atoms with Crippen LogP contribution in [0.15, 0.2) is 18.2 Å². The van der Waals surface area contributed by atoms with Crippen LogP contribution in [-0.4, -0.2) is 34.0 Å². The fourth-order valence-electron chi connectivity index (χ4n) is 2.80.